The lowest BCUT2D eigenvalue weighted by Crippen LogP contribution is -2.31. The van der Waals surface area contributed by atoms with E-state index in [-0.39, 0.29) is 16.8 Å². The van der Waals surface area contributed by atoms with Crippen LogP contribution in [0, 0.1) is 17.0 Å². The van der Waals surface area contributed by atoms with Gasteiger partial charge < -0.3 is 11.1 Å². The van der Waals surface area contributed by atoms with Crippen LogP contribution in [-0.2, 0) is 13.0 Å². The summed E-state index contributed by atoms with van der Waals surface area (Å²) in [6.07, 6.45) is 1.74. The Morgan fingerprint density at radius 1 is 1.39 bits per heavy atom. The number of thiophene rings is 1. The predicted octanol–water partition coefficient (Wildman–Crippen LogP) is 3.08. The monoisotopic (exact) mass is 402 g/mol. The van der Waals surface area contributed by atoms with Gasteiger partial charge >= 0.3 is 0 Å². The van der Waals surface area contributed by atoms with Crippen molar-refractivity contribution >= 4 is 33.8 Å². The average molecular weight is 402 g/mol. The van der Waals surface area contributed by atoms with Gasteiger partial charge in [0.05, 0.1) is 10.5 Å². The number of carbonyl (C=O) groups excluding carboxylic acids is 2. The number of primary amides is 1. The Labute approximate surface area is 166 Å². The fourth-order valence-corrected chi connectivity index (χ4v) is 4.84. The summed E-state index contributed by atoms with van der Waals surface area (Å²) in [6, 6.07) is 4.35. The second-order valence-electron chi connectivity index (χ2n) is 6.76. The molecule has 0 aliphatic carbocycles. The molecule has 1 aromatic carbocycles. The van der Waals surface area contributed by atoms with E-state index in [0.29, 0.717) is 17.0 Å². The van der Waals surface area contributed by atoms with E-state index < -0.39 is 16.7 Å². The van der Waals surface area contributed by atoms with E-state index in [1.807, 2.05) is 0 Å². The maximum Gasteiger partial charge on any atom is 0.273 e. The van der Waals surface area contributed by atoms with Gasteiger partial charge in [-0.3, -0.25) is 24.6 Å². The number of benzene rings is 1. The largest absolute Gasteiger partial charge is 0.365 e. The van der Waals surface area contributed by atoms with Crippen LogP contribution in [-0.4, -0.2) is 34.7 Å². The molecule has 0 fully saturated rings. The summed E-state index contributed by atoms with van der Waals surface area (Å²) in [5, 5.41) is 14.3. The van der Waals surface area contributed by atoms with Crippen LogP contribution >= 0.6 is 11.3 Å². The Kier molecular flexibility index (Phi) is 5.76. The molecule has 3 N–H and O–H groups in total. The quantitative estimate of drug-likeness (QED) is 0.568. The molecule has 0 bridgehead atoms. The Balaban J connectivity index is 1.93. The summed E-state index contributed by atoms with van der Waals surface area (Å²) >= 11 is 1.35. The zero-order chi connectivity index (χ0) is 20.4. The number of nitrogens with zero attached hydrogens (tertiary/aromatic N) is 2. The predicted molar refractivity (Wildman–Crippen MR) is 108 cm³/mol. The van der Waals surface area contributed by atoms with Crippen LogP contribution < -0.4 is 11.1 Å². The lowest BCUT2D eigenvalue weighted by molar-refractivity contribution is -0.385. The minimum absolute atomic E-state index is 0.122. The van der Waals surface area contributed by atoms with Gasteiger partial charge in [-0.1, -0.05) is 13.0 Å². The molecule has 2 amide bonds. The zero-order valence-electron chi connectivity index (χ0n) is 15.8. The molecule has 148 valence electrons. The average Bonchev–Trinajstić information content (AvgIpc) is 2.99. The van der Waals surface area contributed by atoms with E-state index in [4.69, 9.17) is 5.73 Å². The van der Waals surface area contributed by atoms with Crippen LogP contribution in [0.3, 0.4) is 0 Å². The van der Waals surface area contributed by atoms with Crippen LogP contribution in [0.2, 0.25) is 0 Å². The number of nitro groups is 1. The Bertz CT molecular complexity index is 954. The van der Waals surface area contributed by atoms with Crippen molar-refractivity contribution in [2.24, 2.45) is 5.73 Å². The second kappa shape index (κ2) is 8.07. The van der Waals surface area contributed by atoms with Gasteiger partial charge in [0.2, 0.25) is 0 Å². The fourth-order valence-electron chi connectivity index (χ4n) is 3.55. The molecule has 0 atom stereocenters. The normalized spacial score (nSPS) is 13.8. The van der Waals surface area contributed by atoms with Gasteiger partial charge in [-0.05, 0) is 37.9 Å². The molecule has 9 heteroatoms. The number of nitrogens with two attached hydrogens (primary N) is 1. The first-order chi connectivity index (χ1) is 13.3. The van der Waals surface area contributed by atoms with Gasteiger partial charge in [0.25, 0.3) is 17.5 Å². The Morgan fingerprint density at radius 2 is 2.14 bits per heavy atom. The van der Waals surface area contributed by atoms with Crippen molar-refractivity contribution in [1.82, 2.24) is 4.90 Å². The number of nitro benzene ring substituents is 1. The molecule has 1 aliphatic heterocycles. The number of hydrogen-bond donors (Lipinski definition) is 2. The van der Waals surface area contributed by atoms with Crippen LogP contribution in [0.1, 0.15) is 50.1 Å². The van der Waals surface area contributed by atoms with Gasteiger partial charge in [0.1, 0.15) is 5.00 Å². The molecular weight excluding hydrogens is 380 g/mol. The number of amides is 2. The SMILES string of the molecule is CCCN1CCc2c(sc(NC(=O)c3cccc([N+](=O)[O-])c3C)c2C(N)=O)C1. The molecule has 1 aromatic heterocycles. The van der Waals surface area contributed by atoms with E-state index in [9.17, 15) is 19.7 Å². The minimum Gasteiger partial charge on any atom is -0.365 e. The summed E-state index contributed by atoms with van der Waals surface area (Å²) in [5.74, 6) is -1.07. The van der Waals surface area contributed by atoms with E-state index in [2.05, 4.69) is 17.1 Å². The Morgan fingerprint density at radius 3 is 2.79 bits per heavy atom. The van der Waals surface area contributed by atoms with Crippen LogP contribution in [0.4, 0.5) is 10.7 Å². The number of fused-ring (bicyclic) bond motifs is 1. The molecule has 0 saturated heterocycles. The third kappa shape index (κ3) is 3.76. The lowest BCUT2D eigenvalue weighted by Gasteiger charge is -2.26. The Hall–Kier alpha value is -2.78. The van der Waals surface area contributed by atoms with E-state index in [1.165, 1.54) is 36.5 Å². The van der Waals surface area contributed by atoms with Crippen molar-refractivity contribution in [1.29, 1.82) is 0 Å². The van der Waals surface area contributed by atoms with E-state index in [1.54, 1.807) is 0 Å². The highest BCUT2D eigenvalue weighted by Crippen LogP contribution is 2.37. The van der Waals surface area contributed by atoms with Crippen LogP contribution in [0.15, 0.2) is 18.2 Å². The van der Waals surface area contributed by atoms with E-state index in [0.717, 1.165) is 36.5 Å². The van der Waals surface area contributed by atoms with Gasteiger partial charge in [-0.15, -0.1) is 11.3 Å². The molecule has 8 nitrogen and oxygen atoms in total. The molecule has 3 rings (SSSR count). The molecular formula is C19H22N4O4S. The van der Waals surface area contributed by atoms with Crippen molar-refractivity contribution in [3.05, 3.63) is 55.4 Å². The summed E-state index contributed by atoms with van der Waals surface area (Å²) in [6.45, 7) is 6.18. The zero-order valence-corrected chi connectivity index (χ0v) is 16.6. The highest BCUT2D eigenvalue weighted by Gasteiger charge is 2.28. The second-order valence-corrected chi connectivity index (χ2v) is 7.86. The van der Waals surface area contributed by atoms with Gasteiger partial charge in [0.15, 0.2) is 0 Å². The third-order valence-electron chi connectivity index (χ3n) is 4.90. The topological polar surface area (TPSA) is 119 Å². The molecule has 1 aliphatic rings. The summed E-state index contributed by atoms with van der Waals surface area (Å²) < 4.78 is 0. The number of rotatable bonds is 6. The molecule has 0 radical (unpaired) electrons. The molecule has 0 unspecified atom stereocenters. The third-order valence-corrected chi connectivity index (χ3v) is 6.03. The first-order valence-electron chi connectivity index (χ1n) is 9.05. The number of nitrogens with one attached hydrogen (secondary N) is 1. The van der Waals surface area contributed by atoms with Crippen molar-refractivity contribution in [2.45, 2.75) is 33.2 Å². The smallest absolute Gasteiger partial charge is 0.273 e. The molecule has 2 heterocycles. The lowest BCUT2D eigenvalue weighted by atomic mass is 10.0. The number of anilines is 1. The van der Waals surface area contributed by atoms with E-state index >= 15 is 0 Å². The number of hydrogen-bond acceptors (Lipinski definition) is 6. The van der Waals surface area contributed by atoms with Crippen molar-refractivity contribution < 1.29 is 14.5 Å². The van der Waals surface area contributed by atoms with Crippen molar-refractivity contribution in [3.63, 3.8) is 0 Å². The van der Waals surface area contributed by atoms with Crippen LogP contribution in [0.25, 0.3) is 0 Å². The van der Waals surface area contributed by atoms with Crippen LogP contribution in [0.5, 0.6) is 0 Å². The van der Waals surface area contributed by atoms with Gasteiger partial charge in [-0.2, -0.15) is 0 Å². The first-order valence-corrected chi connectivity index (χ1v) is 9.87. The summed E-state index contributed by atoms with van der Waals surface area (Å²) in [7, 11) is 0. The first kappa shape index (κ1) is 20.0. The highest BCUT2D eigenvalue weighted by molar-refractivity contribution is 7.17. The summed E-state index contributed by atoms with van der Waals surface area (Å²) in [4.78, 5) is 38.8. The van der Waals surface area contributed by atoms with Gasteiger partial charge in [-0.25, -0.2) is 0 Å². The molecule has 0 saturated carbocycles. The maximum atomic E-state index is 12.8. The molecule has 28 heavy (non-hydrogen) atoms. The van der Waals surface area contributed by atoms with Crippen molar-refractivity contribution in [3.8, 4) is 0 Å². The minimum atomic E-state index is -0.576. The molecule has 0 spiro atoms. The fraction of sp³-hybridized carbons (Fsp3) is 0.368. The standard InChI is InChI=1S/C19H22N4O4S/c1-3-8-22-9-7-13-15(10-22)28-19(16(13)17(20)24)21-18(25)12-5-4-6-14(11(12)2)23(26)27/h4-6H,3,7-10H2,1-2H3,(H2,20,24)(H,21,25). The number of carbonyl (C=O) groups is 2. The van der Waals surface area contributed by atoms with Gasteiger partial charge in [0, 0.05) is 35.2 Å². The highest BCUT2D eigenvalue weighted by atomic mass is 32.1. The molecule has 2 aromatic rings. The van der Waals surface area contributed by atoms with Crippen molar-refractivity contribution in [2.75, 3.05) is 18.4 Å². The maximum absolute atomic E-state index is 12.8. The summed E-state index contributed by atoms with van der Waals surface area (Å²) in [5.41, 5.74) is 7.21.